The van der Waals surface area contributed by atoms with Gasteiger partial charge in [0.2, 0.25) is 0 Å². The summed E-state index contributed by atoms with van der Waals surface area (Å²) in [6.45, 7) is 3.94. The van der Waals surface area contributed by atoms with Crippen LogP contribution in [0.15, 0.2) is 42.6 Å². The van der Waals surface area contributed by atoms with Gasteiger partial charge in [-0.05, 0) is 43.7 Å². The predicted molar refractivity (Wildman–Crippen MR) is 92.6 cm³/mol. The molecule has 126 valence electrons. The van der Waals surface area contributed by atoms with Crippen LogP contribution in [-0.4, -0.2) is 28.0 Å². The Kier molecular flexibility index (Phi) is 4.28. The van der Waals surface area contributed by atoms with Crippen molar-refractivity contribution >= 4 is 9.84 Å². The summed E-state index contributed by atoms with van der Waals surface area (Å²) in [4.78, 5) is 0. The average molecular weight is 344 g/mol. The number of rotatable bonds is 5. The molecule has 0 bridgehead atoms. The van der Waals surface area contributed by atoms with Gasteiger partial charge in [0.15, 0.2) is 9.84 Å². The van der Waals surface area contributed by atoms with E-state index in [-0.39, 0.29) is 11.5 Å². The zero-order valence-corrected chi connectivity index (χ0v) is 14.8. The van der Waals surface area contributed by atoms with Crippen molar-refractivity contribution in [3.63, 3.8) is 0 Å². The number of aryl methyl sites for hydroxylation is 3. The smallest absolute Gasteiger partial charge is 0.160 e. The number of benzene rings is 1. The van der Waals surface area contributed by atoms with E-state index in [9.17, 15) is 8.42 Å². The maximum atomic E-state index is 12.4. The topological polar surface area (TPSA) is 69.8 Å². The van der Waals surface area contributed by atoms with Crippen LogP contribution in [0.5, 0.6) is 0 Å². The molecule has 6 nitrogen and oxygen atoms in total. The number of aromatic nitrogens is 4. The van der Waals surface area contributed by atoms with E-state index in [0.29, 0.717) is 5.69 Å². The summed E-state index contributed by atoms with van der Waals surface area (Å²) in [5, 5.41) is 8.44. The van der Waals surface area contributed by atoms with Crippen LogP contribution in [0.4, 0.5) is 0 Å². The minimum Gasteiger partial charge on any atom is -0.272 e. The molecule has 0 saturated carbocycles. The molecule has 0 unspecified atom stereocenters. The number of nitrogens with zero attached hydrogens (tertiary/aromatic N) is 4. The molecule has 0 spiro atoms. The Balaban J connectivity index is 1.76. The van der Waals surface area contributed by atoms with Gasteiger partial charge in [-0.3, -0.25) is 4.68 Å². The normalized spacial score (nSPS) is 11.8. The molecule has 3 aromatic rings. The molecule has 0 aliphatic rings. The van der Waals surface area contributed by atoms with Crippen LogP contribution in [0.2, 0.25) is 0 Å². The molecule has 0 N–H and O–H groups in total. The fraction of sp³-hybridized carbons (Fsp3) is 0.294. The molecule has 2 aromatic heterocycles. The summed E-state index contributed by atoms with van der Waals surface area (Å²) in [5.41, 5.74) is 4.38. The van der Waals surface area contributed by atoms with Crippen molar-refractivity contribution in [2.45, 2.75) is 25.4 Å². The van der Waals surface area contributed by atoms with E-state index in [4.69, 9.17) is 0 Å². The first-order valence-corrected chi connectivity index (χ1v) is 9.46. The first kappa shape index (κ1) is 16.4. The van der Waals surface area contributed by atoms with Crippen LogP contribution >= 0.6 is 0 Å². The summed E-state index contributed by atoms with van der Waals surface area (Å²) in [7, 11) is -1.50. The monoisotopic (exact) mass is 344 g/mol. The van der Waals surface area contributed by atoms with Gasteiger partial charge in [0.25, 0.3) is 0 Å². The molecule has 7 heteroatoms. The third kappa shape index (κ3) is 3.56. The Bertz CT molecular complexity index is 953. The van der Waals surface area contributed by atoms with Gasteiger partial charge in [-0.15, -0.1) is 0 Å². The number of sulfone groups is 1. The average Bonchev–Trinajstić information content (AvgIpc) is 3.05. The molecule has 24 heavy (non-hydrogen) atoms. The lowest BCUT2D eigenvalue weighted by Crippen LogP contribution is -2.11. The van der Waals surface area contributed by atoms with Gasteiger partial charge in [-0.1, -0.05) is 12.1 Å². The fourth-order valence-electron chi connectivity index (χ4n) is 2.70. The van der Waals surface area contributed by atoms with Crippen molar-refractivity contribution in [3.8, 4) is 5.69 Å². The van der Waals surface area contributed by atoms with Crippen LogP contribution in [0, 0.1) is 13.8 Å². The maximum absolute atomic E-state index is 12.4. The summed E-state index contributed by atoms with van der Waals surface area (Å²) in [6, 6.07) is 11.2. The third-order valence-electron chi connectivity index (χ3n) is 3.87. The van der Waals surface area contributed by atoms with Crippen molar-refractivity contribution in [3.05, 3.63) is 65.2 Å². The van der Waals surface area contributed by atoms with Gasteiger partial charge in [-0.2, -0.15) is 10.2 Å². The highest BCUT2D eigenvalue weighted by Gasteiger charge is 2.15. The third-order valence-corrected chi connectivity index (χ3v) is 5.38. The second kappa shape index (κ2) is 6.24. The van der Waals surface area contributed by atoms with Gasteiger partial charge in [0.05, 0.1) is 28.6 Å². The maximum Gasteiger partial charge on any atom is 0.160 e. The van der Waals surface area contributed by atoms with Crippen molar-refractivity contribution in [2.75, 3.05) is 0 Å². The van der Waals surface area contributed by atoms with Crippen LogP contribution in [0.1, 0.15) is 22.6 Å². The Labute approximate surface area is 141 Å². The highest BCUT2D eigenvalue weighted by atomic mass is 32.2. The zero-order valence-electron chi connectivity index (χ0n) is 14.0. The van der Waals surface area contributed by atoms with Crippen LogP contribution in [-0.2, 0) is 28.4 Å². The van der Waals surface area contributed by atoms with E-state index >= 15 is 0 Å². The lowest BCUT2D eigenvalue weighted by atomic mass is 10.2. The van der Waals surface area contributed by atoms with Crippen LogP contribution in [0.25, 0.3) is 5.69 Å². The van der Waals surface area contributed by atoms with Gasteiger partial charge in [0.1, 0.15) is 0 Å². The van der Waals surface area contributed by atoms with Crippen molar-refractivity contribution in [1.29, 1.82) is 0 Å². The van der Waals surface area contributed by atoms with Gasteiger partial charge < -0.3 is 0 Å². The van der Waals surface area contributed by atoms with Crippen molar-refractivity contribution in [2.24, 2.45) is 7.05 Å². The Morgan fingerprint density at radius 1 is 1.04 bits per heavy atom. The zero-order chi connectivity index (χ0) is 17.3. The van der Waals surface area contributed by atoms with E-state index in [1.54, 1.807) is 24.0 Å². The standard InChI is InChI=1S/C17H20N4O2S/c1-13-10-14(2)21(19-13)16-6-4-15(5-7-16)11-24(22,23)12-17-8-9-18-20(17)3/h4-10H,11-12H2,1-3H3. The van der Waals surface area contributed by atoms with E-state index in [1.807, 2.05) is 48.9 Å². The number of hydrogen-bond donors (Lipinski definition) is 0. The summed E-state index contributed by atoms with van der Waals surface area (Å²) < 4.78 is 28.2. The largest absolute Gasteiger partial charge is 0.272 e. The Morgan fingerprint density at radius 2 is 1.75 bits per heavy atom. The van der Waals surface area contributed by atoms with E-state index in [1.165, 1.54) is 0 Å². The van der Waals surface area contributed by atoms with E-state index < -0.39 is 9.84 Å². The Morgan fingerprint density at radius 3 is 2.29 bits per heavy atom. The highest BCUT2D eigenvalue weighted by molar-refractivity contribution is 7.89. The second-order valence-corrected chi connectivity index (χ2v) is 8.05. The first-order chi connectivity index (χ1) is 11.3. The molecule has 0 amide bonds. The van der Waals surface area contributed by atoms with Gasteiger partial charge in [0, 0.05) is 18.9 Å². The summed E-state index contributed by atoms with van der Waals surface area (Å²) in [6.07, 6.45) is 1.61. The minimum absolute atomic E-state index is 0.00950. The quantitative estimate of drug-likeness (QED) is 0.712. The molecule has 0 fully saturated rings. The fourth-order valence-corrected chi connectivity index (χ4v) is 4.23. The molecule has 0 saturated heterocycles. The van der Waals surface area contributed by atoms with Gasteiger partial charge in [-0.25, -0.2) is 13.1 Å². The minimum atomic E-state index is -3.24. The van der Waals surface area contributed by atoms with Crippen LogP contribution in [0.3, 0.4) is 0 Å². The molecule has 0 aliphatic carbocycles. The Hall–Kier alpha value is -2.41. The lowest BCUT2D eigenvalue weighted by molar-refractivity contribution is 0.591. The van der Waals surface area contributed by atoms with E-state index in [0.717, 1.165) is 22.6 Å². The molecule has 1 aromatic carbocycles. The van der Waals surface area contributed by atoms with E-state index in [2.05, 4.69) is 10.2 Å². The molecular formula is C17H20N4O2S. The number of hydrogen-bond acceptors (Lipinski definition) is 4. The highest BCUT2D eigenvalue weighted by Crippen LogP contribution is 2.16. The molecule has 0 atom stereocenters. The molecule has 0 aliphatic heterocycles. The first-order valence-electron chi connectivity index (χ1n) is 7.64. The molecule has 2 heterocycles. The SMILES string of the molecule is Cc1cc(C)n(-c2ccc(CS(=O)(=O)Cc3ccnn3C)cc2)n1. The molecule has 0 radical (unpaired) electrons. The summed E-state index contributed by atoms with van der Waals surface area (Å²) in [5.74, 6) is -0.00170. The van der Waals surface area contributed by atoms with Crippen LogP contribution < -0.4 is 0 Å². The second-order valence-electron chi connectivity index (χ2n) is 5.98. The lowest BCUT2D eigenvalue weighted by Gasteiger charge is -2.08. The van der Waals surface area contributed by atoms with Crippen molar-refractivity contribution in [1.82, 2.24) is 19.6 Å². The summed E-state index contributed by atoms with van der Waals surface area (Å²) >= 11 is 0. The van der Waals surface area contributed by atoms with Crippen molar-refractivity contribution < 1.29 is 8.42 Å². The van der Waals surface area contributed by atoms with Gasteiger partial charge >= 0.3 is 0 Å². The molecular weight excluding hydrogens is 324 g/mol. The molecule has 3 rings (SSSR count). The predicted octanol–water partition coefficient (Wildman–Crippen LogP) is 2.34.